The molecule has 4 nitrogen and oxygen atoms in total. The van der Waals surface area contributed by atoms with Crippen molar-refractivity contribution in [2.75, 3.05) is 40.3 Å². The maximum atomic E-state index is 12.9. The number of likely N-dealkylation sites (N-methyl/N-ethyl adjacent to an activating group) is 1. The molecule has 0 aromatic heterocycles. The van der Waals surface area contributed by atoms with Crippen LogP contribution in [-0.4, -0.2) is 56.0 Å². The predicted octanol–water partition coefficient (Wildman–Crippen LogP) is 1.80. The molecule has 20 heavy (non-hydrogen) atoms. The highest BCUT2D eigenvalue weighted by atomic mass is 16.2. The summed E-state index contributed by atoms with van der Waals surface area (Å²) in [6, 6.07) is 0. The van der Waals surface area contributed by atoms with Crippen LogP contribution < -0.4 is 5.73 Å². The number of hydrogen-bond acceptors (Lipinski definition) is 3. The van der Waals surface area contributed by atoms with Gasteiger partial charge in [-0.25, -0.2) is 0 Å². The van der Waals surface area contributed by atoms with Crippen LogP contribution in [0.5, 0.6) is 0 Å². The summed E-state index contributed by atoms with van der Waals surface area (Å²) in [6.07, 6.45) is 4.55. The third-order valence-corrected chi connectivity index (χ3v) is 4.24. The number of nitrogens with zero attached hydrogens (tertiary/aromatic N) is 2. The summed E-state index contributed by atoms with van der Waals surface area (Å²) in [6.45, 7) is 7.63. The number of carbonyl (C=O) groups is 1. The van der Waals surface area contributed by atoms with E-state index in [0.29, 0.717) is 24.3 Å². The van der Waals surface area contributed by atoms with Crippen molar-refractivity contribution < 1.29 is 4.79 Å². The molecule has 0 aromatic carbocycles. The van der Waals surface area contributed by atoms with E-state index in [-0.39, 0.29) is 5.92 Å². The number of nitrogens with two attached hydrogens (primary N) is 1. The Morgan fingerprint density at radius 2 is 1.85 bits per heavy atom. The third-order valence-electron chi connectivity index (χ3n) is 4.24. The smallest absolute Gasteiger partial charge is 0.226 e. The van der Waals surface area contributed by atoms with Crippen molar-refractivity contribution in [3.63, 3.8) is 0 Å². The molecule has 0 bridgehead atoms. The first-order valence-electron chi connectivity index (χ1n) is 8.09. The highest BCUT2D eigenvalue weighted by Crippen LogP contribution is 2.31. The highest BCUT2D eigenvalue weighted by molar-refractivity contribution is 5.79. The molecule has 1 fully saturated rings. The molecule has 1 amide bonds. The van der Waals surface area contributed by atoms with Crippen molar-refractivity contribution in [3.8, 4) is 0 Å². The first kappa shape index (κ1) is 17.4. The van der Waals surface area contributed by atoms with E-state index in [1.165, 1.54) is 12.8 Å². The van der Waals surface area contributed by atoms with Crippen molar-refractivity contribution >= 4 is 5.91 Å². The van der Waals surface area contributed by atoms with Crippen molar-refractivity contribution in [2.45, 2.75) is 39.5 Å². The minimum absolute atomic E-state index is 0.162. The van der Waals surface area contributed by atoms with E-state index in [0.717, 1.165) is 32.5 Å². The summed E-state index contributed by atoms with van der Waals surface area (Å²) >= 11 is 0. The lowest BCUT2D eigenvalue weighted by atomic mass is 9.78. The lowest BCUT2D eigenvalue weighted by molar-refractivity contribution is -0.139. The molecule has 118 valence electrons. The molecule has 0 aromatic rings. The zero-order valence-corrected chi connectivity index (χ0v) is 13.8. The van der Waals surface area contributed by atoms with Crippen molar-refractivity contribution in [1.82, 2.24) is 9.80 Å². The van der Waals surface area contributed by atoms with Gasteiger partial charge in [0, 0.05) is 25.6 Å². The van der Waals surface area contributed by atoms with Gasteiger partial charge in [0.25, 0.3) is 0 Å². The van der Waals surface area contributed by atoms with E-state index in [2.05, 4.69) is 37.7 Å². The van der Waals surface area contributed by atoms with E-state index in [4.69, 9.17) is 5.73 Å². The summed E-state index contributed by atoms with van der Waals surface area (Å²) in [5, 5.41) is 0. The van der Waals surface area contributed by atoms with Gasteiger partial charge >= 0.3 is 0 Å². The van der Waals surface area contributed by atoms with Gasteiger partial charge in [0.15, 0.2) is 0 Å². The molecule has 0 spiro atoms. The number of carbonyl (C=O) groups excluding carboxylic acids is 1. The predicted molar refractivity (Wildman–Crippen MR) is 84.5 cm³/mol. The molecule has 0 aliphatic heterocycles. The topological polar surface area (TPSA) is 49.6 Å². The van der Waals surface area contributed by atoms with Crippen LogP contribution in [0.2, 0.25) is 0 Å². The summed E-state index contributed by atoms with van der Waals surface area (Å²) in [5.41, 5.74) is 5.88. The highest BCUT2D eigenvalue weighted by Gasteiger charge is 2.32. The molecule has 1 saturated carbocycles. The molecule has 2 N–H and O–H groups in total. The molecule has 1 rings (SSSR count). The van der Waals surface area contributed by atoms with E-state index in [1.807, 2.05) is 0 Å². The van der Waals surface area contributed by atoms with Crippen molar-refractivity contribution in [1.29, 1.82) is 0 Å². The fourth-order valence-electron chi connectivity index (χ4n) is 3.10. The maximum absolute atomic E-state index is 12.9. The average Bonchev–Trinajstić information content (AvgIpc) is 2.42. The van der Waals surface area contributed by atoms with Gasteiger partial charge in [0.05, 0.1) is 0 Å². The summed E-state index contributed by atoms with van der Waals surface area (Å²) in [4.78, 5) is 17.1. The first-order valence-corrected chi connectivity index (χ1v) is 8.09. The summed E-state index contributed by atoms with van der Waals surface area (Å²) in [7, 11) is 4.11. The van der Waals surface area contributed by atoms with Crippen LogP contribution >= 0.6 is 0 Å². The Kier molecular flexibility index (Phi) is 7.52. The molecule has 0 heterocycles. The van der Waals surface area contributed by atoms with Crippen molar-refractivity contribution in [2.24, 2.45) is 23.5 Å². The third kappa shape index (κ3) is 5.41. The SMILES string of the molecule is CC(C)CN(CCN(C)C)C(=O)C1CCCCC1CN. The standard InChI is InChI=1S/C16H33N3O/c1-13(2)12-19(10-9-18(3)4)16(20)15-8-6-5-7-14(15)11-17/h13-15H,5-12,17H2,1-4H3. The second kappa shape index (κ2) is 8.63. The maximum Gasteiger partial charge on any atom is 0.226 e. The lowest BCUT2D eigenvalue weighted by Gasteiger charge is -2.35. The molecule has 0 radical (unpaired) electrons. The largest absolute Gasteiger partial charge is 0.341 e. The molecule has 2 atom stereocenters. The number of hydrogen-bond donors (Lipinski definition) is 1. The Labute approximate surface area is 124 Å². The van der Waals surface area contributed by atoms with Crippen LogP contribution in [0, 0.1) is 17.8 Å². The lowest BCUT2D eigenvalue weighted by Crippen LogP contribution is -2.45. The molecule has 1 aliphatic rings. The quantitative estimate of drug-likeness (QED) is 0.775. The monoisotopic (exact) mass is 283 g/mol. The molecular formula is C16H33N3O. The Morgan fingerprint density at radius 3 is 2.40 bits per heavy atom. The van der Waals surface area contributed by atoms with Crippen LogP contribution in [0.15, 0.2) is 0 Å². The fourth-order valence-corrected chi connectivity index (χ4v) is 3.10. The first-order chi connectivity index (χ1) is 9.45. The minimum Gasteiger partial charge on any atom is -0.341 e. The van der Waals surface area contributed by atoms with E-state index >= 15 is 0 Å². The van der Waals surface area contributed by atoms with Gasteiger partial charge in [-0.3, -0.25) is 4.79 Å². The summed E-state index contributed by atoms with van der Waals surface area (Å²) in [5.74, 6) is 1.41. The molecule has 1 aliphatic carbocycles. The zero-order valence-electron chi connectivity index (χ0n) is 13.8. The molecule has 0 saturated heterocycles. The van der Waals surface area contributed by atoms with Gasteiger partial charge in [-0.2, -0.15) is 0 Å². The summed E-state index contributed by atoms with van der Waals surface area (Å²) < 4.78 is 0. The normalized spacial score (nSPS) is 23.4. The van der Waals surface area contributed by atoms with E-state index in [9.17, 15) is 4.79 Å². The zero-order chi connectivity index (χ0) is 15.1. The molecular weight excluding hydrogens is 250 g/mol. The average molecular weight is 283 g/mol. The minimum atomic E-state index is 0.162. The number of rotatable bonds is 7. The van der Waals surface area contributed by atoms with Gasteiger partial charge in [0.2, 0.25) is 5.91 Å². The van der Waals surface area contributed by atoms with E-state index < -0.39 is 0 Å². The van der Waals surface area contributed by atoms with Crippen LogP contribution in [-0.2, 0) is 4.79 Å². The van der Waals surface area contributed by atoms with Gasteiger partial charge in [-0.15, -0.1) is 0 Å². The van der Waals surface area contributed by atoms with Crippen molar-refractivity contribution in [3.05, 3.63) is 0 Å². The van der Waals surface area contributed by atoms with Gasteiger partial charge in [-0.1, -0.05) is 26.7 Å². The Bertz CT molecular complexity index is 291. The van der Waals surface area contributed by atoms with Gasteiger partial charge < -0.3 is 15.5 Å². The Balaban J connectivity index is 2.68. The van der Waals surface area contributed by atoms with Crippen LogP contribution in [0.25, 0.3) is 0 Å². The second-order valence-electron chi connectivity index (χ2n) is 6.87. The van der Waals surface area contributed by atoms with Gasteiger partial charge in [0.1, 0.15) is 0 Å². The Hall–Kier alpha value is -0.610. The van der Waals surface area contributed by atoms with Gasteiger partial charge in [-0.05, 0) is 45.3 Å². The number of amides is 1. The fraction of sp³-hybridized carbons (Fsp3) is 0.938. The van der Waals surface area contributed by atoms with E-state index in [1.54, 1.807) is 0 Å². The van der Waals surface area contributed by atoms with Crippen LogP contribution in [0.1, 0.15) is 39.5 Å². The molecule has 4 heteroatoms. The second-order valence-corrected chi connectivity index (χ2v) is 6.87. The molecule has 2 unspecified atom stereocenters. The Morgan fingerprint density at radius 1 is 1.20 bits per heavy atom. The van der Waals surface area contributed by atoms with Crippen LogP contribution in [0.4, 0.5) is 0 Å². The van der Waals surface area contributed by atoms with Crippen LogP contribution in [0.3, 0.4) is 0 Å².